The van der Waals surface area contributed by atoms with Gasteiger partial charge in [-0.25, -0.2) is 4.39 Å². The average molecular weight is 352 g/mol. The summed E-state index contributed by atoms with van der Waals surface area (Å²) < 4.78 is 12.9. The van der Waals surface area contributed by atoms with Crippen LogP contribution in [0.25, 0.3) is 0 Å². The molecule has 2 atom stereocenters. The molecular weight excluding hydrogens is 331 g/mol. The van der Waals surface area contributed by atoms with Gasteiger partial charge in [0.25, 0.3) is 0 Å². The summed E-state index contributed by atoms with van der Waals surface area (Å²) in [6, 6.07) is 14.2. The van der Waals surface area contributed by atoms with Crippen LogP contribution < -0.4 is 10.2 Å². The second kappa shape index (κ2) is 6.90. The minimum absolute atomic E-state index is 0.0575. The van der Waals surface area contributed by atoms with Crippen LogP contribution in [0.4, 0.5) is 10.1 Å². The number of hydrogen-bond donors (Lipinski definition) is 1. The van der Waals surface area contributed by atoms with Crippen molar-refractivity contribution in [1.29, 1.82) is 0 Å². The predicted octanol–water partition coefficient (Wildman–Crippen LogP) is 2.71. The van der Waals surface area contributed by atoms with Gasteiger partial charge in [0.15, 0.2) is 0 Å². The highest BCUT2D eigenvalue weighted by atomic mass is 19.1. The fourth-order valence-electron chi connectivity index (χ4n) is 3.64. The average Bonchev–Trinajstić information content (AvgIpc) is 3.35. The molecule has 1 N–H and O–H groups in total. The molecule has 5 heteroatoms. The molecule has 1 aliphatic heterocycles. The summed E-state index contributed by atoms with van der Waals surface area (Å²) in [6.07, 6.45) is 2.15. The summed E-state index contributed by atoms with van der Waals surface area (Å²) in [5.41, 5.74) is 3.16. The molecule has 2 aromatic rings. The minimum atomic E-state index is -0.263. The highest BCUT2D eigenvalue weighted by molar-refractivity contribution is 6.02. The highest BCUT2D eigenvalue weighted by Crippen LogP contribution is 2.42. The van der Waals surface area contributed by atoms with E-state index in [-0.39, 0.29) is 29.5 Å². The molecule has 4 nitrogen and oxygen atoms in total. The lowest BCUT2D eigenvalue weighted by Crippen LogP contribution is -2.33. The Bertz CT molecular complexity index is 834. The van der Waals surface area contributed by atoms with Crippen LogP contribution in [0.5, 0.6) is 0 Å². The molecule has 0 saturated heterocycles. The van der Waals surface area contributed by atoms with E-state index in [9.17, 15) is 14.0 Å². The van der Waals surface area contributed by atoms with Crippen LogP contribution in [0.15, 0.2) is 48.5 Å². The molecule has 134 valence electrons. The molecule has 1 heterocycles. The molecule has 26 heavy (non-hydrogen) atoms. The monoisotopic (exact) mass is 352 g/mol. The topological polar surface area (TPSA) is 49.4 Å². The normalized spacial score (nSPS) is 20.6. The zero-order valence-electron chi connectivity index (χ0n) is 14.5. The van der Waals surface area contributed by atoms with Gasteiger partial charge in [0.1, 0.15) is 5.82 Å². The lowest BCUT2D eigenvalue weighted by Gasteiger charge is -2.17. The van der Waals surface area contributed by atoms with Gasteiger partial charge in [0.05, 0.1) is 11.8 Å². The second-order valence-electron chi connectivity index (χ2n) is 6.98. The van der Waals surface area contributed by atoms with Gasteiger partial charge in [-0.05, 0) is 48.6 Å². The number of nitrogens with zero attached hydrogens (tertiary/aromatic N) is 1. The molecule has 1 saturated carbocycles. The first kappa shape index (κ1) is 16.8. The summed E-state index contributed by atoms with van der Waals surface area (Å²) in [6.45, 7) is 1.20. The predicted molar refractivity (Wildman–Crippen MR) is 97.2 cm³/mol. The van der Waals surface area contributed by atoms with Crippen molar-refractivity contribution >= 4 is 17.5 Å². The maximum absolute atomic E-state index is 12.9. The molecule has 0 radical (unpaired) electrons. The Balaban J connectivity index is 1.27. The highest BCUT2D eigenvalue weighted by Gasteiger charge is 2.50. The van der Waals surface area contributed by atoms with Crippen LogP contribution in [-0.2, 0) is 22.4 Å². The molecule has 1 fully saturated rings. The molecular formula is C21H21FN2O2. The molecule has 4 rings (SSSR count). The Morgan fingerprint density at radius 1 is 1.08 bits per heavy atom. The van der Waals surface area contributed by atoms with Crippen LogP contribution in [0, 0.1) is 17.7 Å². The number of nitrogens with one attached hydrogen (secondary N) is 1. The fraction of sp³-hybridized carbons (Fsp3) is 0.333. The number of halogens is 1. The van der Waals surface area contributed by atoms with Gasteiger partial charge >= 0.3 is 0 Å². The van der Waals surface area contributed by atoms with E-state index in [4.69, 9.17) is 0 Å². The Hall–Kier alpha value is -2.69. The summed E-state index contributed by atoms with van der Waals surface area (Å²) in [7, 11) is 0. The SMILES string of the molecule is O=C(NCCc1ccc(F)cc1)C1CC1C(=O)N1CCc2ccccc21. The summed E-state index contributed by atoms with van der Waals surface area (Å²) in [5.74, 6) is -0.678. The lowest BCUT2D eigenvalue weighted by atomic mass is 10.1. The maximum atomic E-state index is 12.9. The van der Waals surface area contributed by atoms with Crippen molar-refractivity contribution in [3.63, 3.8) is 0 Å². The van der Waals surface area contributed by atoms with E-state index in [1.165, 1.54) is 17.7 Å². The van der Waals surface area contributed by atoms with E-state index in [1.807, 2.05) is 23.1 Å². The Labute approximate surface area is 152 Å². The number of amides is 2. The Morgan fingerprint density at radius 3 is 2.65 bits per heavy atom. The van der Waals surface area contributed by atoms with E-state index >= 15 is 0 Å². The number of anilines is 1. The van der Waals surface area contributed by atoms with E-state index in [0.29, 0.717) is 25.9 Å². The van der Waals surface area contributed by atoms with Crippen LogP contribution in [0.2, 0.25) is 0 Å². The van der Waals surface area contributed by atoms with Crippen molar-refractivity contribution in [2.45, 2.75) is 19.3 Å². The minimum Gasteiger partial charge on any atom is -0.356 e. The van der Waals surface area contributed by atoms with Crippen LogP contribution in [-0.4, -0.2) is 24.9 Å². The molecule has 0 aromatic heterocycles. The van der Waals surface area contributed by atoms with Crippen molar-refractivity contribution in [3.05, 3.63) is 65.5 Å². The van der Waals surface area contributed by atoms with E-state index < -0.39 is 0 Å². The lowest BCUT2D eigenvalue weighted by molar-refractivity contribution is -0.126. The van der Waals surface area contributed by atoms with E-state index in [2.05, 4.69) is 11.4 Å². The summed E-state index contributed by atoms with van der Waals surface area (Å²) in [5, 5.41) is 2.90. The third-order valence-electron chi connectivity index (χ3n) is 5.22. The first-order valence-corrected chi connectivity index (χ1v) is 9.05. The van der Waals surface area contributed by atoms with Gasteiger partial charge in [-0.1, -0.05) is 30.3 Å². The van der Waals surface area contributed by atoms with E-state index in [1.54, 1.807) is 12.1 Å². The fourth-order valence-corrected chi connectivity index (χ4v) is 3.64. The van der Waals surface area contributed by atoms with Crippen molar-refractivity contribution in [1.82, 2.24) is 5.32 Å². The Morgan fingerprint density at radius 2 is 1.85 bits per heavy atom. The van der Waals surface area contributed by atoms with Crippen molar-refractivity contribution in [2.24, 2.45) is 11.8 Å². The number of para-hydroxylation sites is 1. The number of benzene rings is 2. The quantitative estimate of drug-likeness (QED) is 0.899. The van der Waals surface area contributed by atoms with Gasteiger partial charge in [0, 0.05) is 18.8 Å². The second-order valence-corrected chi connectivity index (χ2v) is 6.98. The van der Waals surface area contributed by atoms with Crippen LogP contribution in [0.1, 0.15) is 17.5 Å². The summed E-state index contributed by atoms with van der Waals surface area (Å²) in [4.78, 5) is 26.8. The molecule has 2 unspecified atom stereocenters. The first-order valence-electron chi connectivity index (χ1n) is 9.05. The van der Waals surface area contributed by atoms with Gasteiger partial charge in [0.2, 0.25) is 11.8 Å². The number of carbonyl (C=O) groups excluding carboxylic acids is 2. The van der Waals surface area contributed by atoms with E-state index in [0.717, 1.165) is 17.7 Å². The van der Waals surface area contributed by atoms with Crippen LogP contribution >= 0.6 is 0 Å². The molecule has 0 bridgehead atoms. The van der Waals surface area contributed by atoms with Crippen molar-refractivity contribution in [3.8, 4) is 0 Å². The number of fused-ring (bicyclic) bond motifs is 1. The van der Waals surface area contributed by atoms with Crippen molar-refractivity contribution < 1.29 is 14.0 Å². The third kappa shape index (κ3) is 3.34. The smallest absolute Gasteiger partial charge is 0.230 e. The van der Waals surface area contributed by atoms with Crippen LogP contribution in [0.3, 0.4) is 0 Å². The molecule has 1 aliphatic carbocycles. The zero-order valence-corrected chi connectivity index (χ0v) is 14.5. The Kier molecular flexibility index (Phi) is 4.45. The largest absolute Gasteiger partial charge is 0.356 e. The first-order chi connectivity index (χ1) is 12.6. The van der Waals surface area contributed by atoms with Gasteiger partial charge in [-0.3, -0.25) is 9.59 Å². The number of carbonyl (C=O) groups is 2. The third-order valence-corrected chi connectivity index (χ3v) is 5.22. The molecule has 2 aromatic carbocycles. The standard InChI is InChI=1S/C21H21FN2O2/c22-16-7-5-14(6-8-16)9-11-23-20(25)17-13-18(17)21(26)24-12-10-15-3-1-2-4-19(15)24/h1-8,17-18H,9-13H2,(H,23,25). The zero-order chi connectivity index (χ0) is 18.1. The van der Waals surface area contributed by atoms with Gasteiger partial charge < -0.3 is 10.2 Å². The molecule has 2 amide bonds. The maximum Gasteiger partial charge on any atom is 0.230 e. The van der Waals surface area contributed by atoms with Gasteiger partial charge in [-0.15, -0.1) is 0 Å². The number of hydrogen-bond acceptors (Lipinski definition) is 2. The van der Waals surface area contributed by atoms with Crippen molar-refractivity contribution in [2.75, 3.05) is 18.0 Å². The molecule has 2 aliphatic rings. The molecule has 0 spiro atoms. The summed E-state index contributed by atoms with van der Waals surface area (Å²) >= 11 is 0. The van der Waals surface area contributed by atoms with Gasteiger partial charge in [-0.2, -0.15) is 0 Å². The number of rotatable bonds is 5.